The highest BCUT2D eigenvalue weighted by Crippen LogP contribution is 2.26. The summed E-state index contributed by atoms with van der Waals surface area (Å²) < 4.78 is 5.41. The number of ether oxygens (including phenoxy) is 1. The van der Waals surface area contributed by atoms with Gasteiger partial charge in [-0.05, 0) is 38.5 Å². The van der Waals surface area contributed by atoms with Gasteiger partial charge < -0.3 is 15.8 Å². The van der Waals surface area contributed by atoms with E-state index in [0.717, 1.165) is 31.9 Å². The van der Waals surface area contributed by atoms with Gasteiger partial charge >= 0.3 is 0 Å². The number of benzene rings is 1. The number of nitrogens with one attached hydrogen (secondary N) is 1. The Kier molecular flexibility index (Phi) is 6.75. The fraction of sp³-hybridized carbons (Fsp3) is 0.588. The van der Waals surface area contributed by atoms with E-state index in [1.807, 2.05) is 19.1 Å². The van der Waals surface area contributed by atoms with Crippen LogP contribution in [-0.2, 0) is 4.74 Å². The SMILES string of the molecule is CC(NC(N)=NCC(C)(C)N1CCOCC1)c1ccc(Cl)cc1Cl. The van der Waals surface area contributed by atoms with Crippen LogP contribution < -0.4 is 11.1 Å². The Morgan fingerprint density at radius 3 is 2.67 bits per heavy atom. The van der Waals surface area contributed by atoms with Crippen molar-refractivity contribution in [2.45, 2.75) is 32.4 Å². The number of morpholine rings is 1. The molecule has 1 aliphatic heterocycles. The molecule has 1 aromatic rings. The molecule has 0 aliphatic carbocycles. The lowest BCUT2D eigenvalue weighted by molar-refractivity contribution is -0.00682. The normalized spacial score (nSPS) is 18.5. The maximum absolute atomic E-state index is 6.24. The van der Waals surface area contributed by atoms with Gasteiger partial charge in [0.05, 0.1) is 25.8 Å². The zero-order valence-corrected chi connectivity index (χ0v) is 16.0. The number of hydrogen-bond acceptors (Lipinski definition) is 3. The van der Waals surface area contributed by atoms with E-state index in [9.17, 15) is 0 Å². The van der Waals surface area contributed by atoms with Gasteiger partial charge in [0, 0.05) is 28.7 Å². The average molecular weight is 373 g/mol. The van der Waals surface area contributed by atoms with Gasteiger partial charge in [-0.3, -0.25) is 9.89 Å². The highest BCUT2D eigenvalue weighted by Gasteiger charge is 2.28. The van der Waals surface area contributed by atoms with E-state index in [4.69, 9.17) is 33.7 Å². The number of aliphatic imine (C=N–C) groups is 1. The molecule has 0 aromatic heterocycles. The molecule has 134 valence electrons. The first-order valence-electron chi connectivity index (χ1n) is 8.14. The highest BCUT2D eigenvalue weighted by molar-refractivity contribution is 6.35. The maximum Gasteiger partial charge on any atom is 0.189 e. The molecule has 0 radical (unpaired) electrons. The zero-order chi connectivity index (χ0) is 17.7. The van der Waals surface area contributed by atoms with Gasteiger partial charge in [0.1, 0.15) is 0 Å². The number of guanidine groups is 1. The van der Waals surface area contributed by atoms with Crippen molar-refractivity contribution in [3.63, 3.8) is 0 Å². The van der Waals surface area contributed by atoms with Crippen LogP contribution in [0.4, 0.5) is 0 Å². The van der Waals surface area contributed by atoms with Crippen molar-refractivity contribution >= 4 is 29.2 Å². The van der Waals surface area contributed by atoms with Crippen LogP contribution in [0.3, 0.4) is 0 Å². The lowest BCUT2D eigenvalue weighted by Gasteiger charge is -2.39. The van der Waals surface area contributed by atoms with Crippen LogP contribution in [0.2, 0.25) is 10.0 Å². The molecule has 1 aliphatic rings. The fourth-order valence-electron chi connectivity index (χ4n) is 2.75. The largest absolute Gasteiger partial charge is 0.379 e. The second-order valence-corrected chi connectivity index (χ2v) is 7.49. The van der Waals surface area contributed by atoms with Gasteiger partial charge in [-0.1, -0.05) is 29.3 Å². The van der Waals surface area contributed by atoms with Gasteiger partial charge in [-0.15, -0.1) is 0 Å². The Labute approximate surface area is 154 Å². The standard InChI is InChI=1S/C17H26Cl2N4O/c1-12(14-5-4-13(18)10-15(14)19)22-16(20)21-11-17(2,3)23-6-8-24-9-7-23/h4-5,10,12H,6-9,11H2,1-3H3,(H3,20,21,22). The lowest BCUT2D eigenvalue weighted by Crippen LogP contribution is -2.52. The minimum Gasteiger partial charge on any atom is -0.379 e. The summed E-state index contributed by atoms with van der Waals surface area (Å²) in [6.45, 7) is 10.3. The molecule has 1 unspecified atom stereocenters. The van der Waals surface area contributed by atoms with Crippen molar-refractivity contribution in [2.24, 2.45) is 10.7 Å². The number of halogens is 2. The van der Waals surface area contributed by atoms with Crippen molar-refractivity contribution in [1.82, 2.24) is 10.2 Å². The van der Waals surface area contributed by atoms with Crippen LogP contribution >= 0.6 is 23.2 Å². The van der Waals surface area contributed by atoms with Crippen LogP contribution in [0.15, 0.2) is 23.2 Å². The van der Waals surface area contributed by atoms with E-state index in [2.05, 4.69) is 29.1 Å². The molecule has 1 fully saturated rings. The molecule has 1 aromatic carbocycles. The topological polar surface area (TPSA) is 62.9 Å². The van der Waals surface area contributed by atoms with Crippen LogP contribution in [0.5, 0.6) is 0 Å². The molecule has 0 bridgehead atoms. The third kappa shape index (κ3) is 5.24. The van der Waals surface area contributed by atoms with E-state index in [1.165, 1.54) is 0 Å². The molecule has 2 rings (SSSR count). The quantitative estimate of drug-likeness (QED) is 0.615. The van der Waals surface area contributed by atoms with Crippen LogP contribution in [0.1, 0.15) is 32.4 Å². The molecular weight excluding hydrogens is 347 g/mol. The summed E-state index contributed by atoms with van der Waals surface area (Å²) >= 11 is 12.2. The van der Waals surface area contributed by atoms with Gasteiger partial charge in [0.2, 0.25) is 0 Å². The Morgan fingerprint density at radius 1 is 1.38 bits per heavy atom. The second-order valence-electron chi connectivity index (χ2n) is 6.65. The van der Waals surface area contributed by atoms with Crippen LogP contribution in [0.25, 0.3) is 0 Å². The molecule has 1 atom stereocenters. The lowest BCUT2D eigenvalue weighted by atomic mass is 10.0. The van der Waals surface area contributed by atoms with E-state index >= 15 is 0 Å². The molecule has 1 saturated heterocycles. The third-order valence-electron chi connectivity index (χ3n) is 4.30. The number of rotatable bonds is 5. The Hall–Kier alpha value is -1.01. The van der Waals surface area contributed by atoms with Crippen LogP contribution in [0, 0.1) is 0 Å². The van der Waals surface area contributed by atoms with Crippen molar-refractivity contribution in [3.05, 3.63) is 33.8 Å². The average Bonchev–Trinajstić information content (AvgIpc) is 2.54. The molecule has 0 spiro atoms. The van der Waals surface area contributed by atoms with Crippen molar-refractivity contribution in [3.8, 4) is 0 Å². The predicted molar refractivity (Wildman–Crippen MR) is 101 cm³/mol. The molecule has 0 amide bonds. The van der Waals surface area contributed by atoms with Gasteiger partial charge in [-0.2, -0.15) is 0 Å². The van der Waals surface area contributed by atoms with Crippen molar-refractivity contribution < 1.29 is 4.74 Å². The molecular formula is C17H26Cl2N4O. The van der Waals surface area contributed by atoms with E-state index in [1.54, 1.807) is 6.07 Å². The van der Waals surface area contributed by atoms with Crippen LogP contribution in [-0.4, -0.2) is 49.2 Å². The molecule has 0 saturated carbocycles. The summed E-state index contributed by atoms with van der Waals surface area (Å²) in [5.74, 6) is 0.412. The summed E-state index contributed by atoms with van der Waals surface area (Å²) in [7, 11) is 0. The van der Waals surface area contributed by atoms with Gasteiger partial charge in [-0.25, -0.2) is 0 Å². The molecule has 1 heterocycles. The Morgan fingerprint density at radius 2 is 2.04 bits per heavy atom. The summed E-state index contributed by atoms with van der Waals surface area (Å²) in [6.07, 6.45) is 0. The van der Waals surface area contributed by atoms with Crippen molar-refractivity contribution in [1.29, 1.82) is 0 Å². The monoisotopic (exact) mass is 372 g/mol. The highest BCUT2D eigenvalue weighted by atomic mass is 35.5. The molecule has 7 heteroatoms. The molecule has 3 N–H and O–H groups in total. The zero-order valence-electron chi connectivity index (χ0n) is 14.5. The van der Waals surface area contributed by atoms with E-state index in [0.29, 0.717) is 22.5 Å². The number of nitrogens with two attached hydrogens (primary N) is 1. The molecule has 5 nitrogen and oxygen atoms in total. The minimum atomic E-state index is -0.0583. The van der Waals surface area contributed by atoms with E-state index < -0.39 is 0 Å². The summed E-state index contributed by atoms with van der Waals surface area (Å²) in [5.41, 5.74) is 6.93. The fourth-order valence-corrected chi connectivity index (χ4v) is 3.32. The predicted octanol–water partition coefficient (Wildman–Crippen LogP) is 3.07. The Bertz CT molecular complexity index is 586. The Balaban J connectivity index is 1.95. The smallest absolute Gasteiger partial charge is 0.189 e. The molecule has 24 heavy (non-hydrogen) atoms. The summed E-state index contributed by atoms with van der Waals surface area (Å²) in [5, 5.41) is 4.42. The summed E-state index contributed by atoms with van der Waals surface area (Å²) in [6, 6.07) is 5.39. The van der Waals surface area contributed by atoms with Gasteiger partial charge in [0.15, 0.2) is 5.96 Å². The van der Waals surface area contributed by atoms with E-state index in [-0.39, 0.29) is 11.6 Å². The number of nitrogens with zero attached hydrogens (tertiary/aromatic N) is 2. The first-order valence-corrected chi connectivity index (χ1v) is 8.89. The minimum absolute atomic E-state index is 0.0509. The maximum atomic E-state index is 6.24. The second kappa shape index (κ2) is 8.39. The first-order chi connectivity index (χ1) is 11.3. The van der Waals surface area contributed by atoms with Gasteiger partial charge in [0.25, 0.3) is 0 Å². The third-order valence-corrected chi connectivity index (χ3v) is 4.86. The number of hydrogen-bond donors (Lipinski definition) is 2. The first kappa shape index (κ1) is 19.3. The summed E-state index contributed by atoms with van der Waals surface area (Å²) in [4.78, 5) is 6.90. The van der Waals surface area contributed by atoms with Crippen molar-refractivity contribution in [2.75, 3.05) is 32.8 Å².